The molecule has 2 rings (SSSR count). The van der Waals surface area contributed by atoms with E-state index in [0.717, 1.165) is 5.56 Å². The Hall–Kier alpha value is -3.62. The first-order valence-corrected chi connectivity index (χ1v) is 7.56. The number of carbonyl (C=O) groups is 2. The highest BCUT2D eigenvalue weighted by atomic mass is 16.6. The van der Waals surface area contributed by atoms with E-state index in [1.54, 1.807) is 31.4 Å². The molecule has 2 N–H and O–H groups in total. The van der Waals surface area contributed by atoms with E-state index < -0.39 is 16.9 Å². The van der Waals surface area contributed by atoms with Crippen LogP contribution in [0.1, 0.15) is 5.56 Å². The Morgan fingerprint density at radius 3 is 2.31 bits per heavy atom. The number of amides is 2. The molecule has 0 heterocycles. The smallest absolute Gasteiger partial charge is 0.325 e. The normalized spacial score (nSPS) is 9.88. The molecule has 0 unspecified atom stereocenters. The summed E-state index contributed by atoms with van der Waals surface area (Å²) in [4.78, 5) is 33.4. The molecule has 0 aliphatic heterocycles. The molecular formula is C17H17N3O6. The van der Waals surface area contributed by atoms with E-state index in [1.807, 2.05) is 0 Å². The molecule has 0 saturated carbocycles. The summed E-state index contributed by atoms with van der Waals surface area (Å²) in [7, 11) is 1.56. The van der Waals surface area contributed by atoms with Crippen molar-refractivity contribution in [3.05, 3.63) is 64.2 Å². The second-order valence-corrected chi connectivity index (χ2v) is 5.12. The van der Waals surface area contributed by atoms with Crippen LogP contribution in [0.25, 0.3) is 0 Å². The first kappa shape index (κ1) is 18.7. The predicted molar refractivity (Wildman–Crippen MR) is 92.9 cm³/mol. The molecule has 136 valence electrons. The molecule has 2 amide bonds. The van der Waals surface area contributed by atoms with Gasteiger partial charge in [-0.1, -0.05) is 12.1 Å². The molecule has 0 radical (unpaired) electrons. The van der Waals surface area contributed by atoms with Gasteiger partial charge in [0.2, 0.25) is 0 Å². The van der Waals surface area contributed by atoms with Crippen LogP contribution in [0.15, 0.2) is 48.5 Å². The zero-order valence-corrected chi connectivity index (χ0v) is 13.9. The summed E-state index contributed by atoms with van der Waals surface area (Å²) < 4.78 is 10.1. The number of ether oxygens (including phenoxy) is 2. The lowest BCUT2D eigenvalue weighted by molar-refractivity contribution is -0.384. The molecule has 2 aromatic rings. The van der Waals surface area contributed by atoms with Crippen molar-refractivity contribution in [2.45, 2.75) is 6.61 Å². The number of carbonyl (C=O) groups excluding carboxylic acids is 2. The Balaban J connectivity index is 1.72. The van der Waals surface area contributed by atoms with E-state index in [1.165, 1.54) is 24.3 Å². The fraction of sp³-hybridized carbons (Fsp3) is 0.176. The van der Waals surface area contributed by atoms with Crippen LogP contribution < -0.4 is 15.4 Å². The molecule has 0 bridgehead atoms. The second-order valence-electron chi connectivity index (χ2n) is 5.12. The minimum absolute atomic E-state index is 0.0779. The summed E-state index contributed by atoms with van der Waals surface area (Å²) in [5.41, 5.74) is 1.06. The molecule has 9 heteroatoms. The lowest BCUT2D eigenvalue weighted by Gasteiger charge is -2.08. The number of urea groups is 1. The third-order valence-corrected chi connectivity index (χ3v) is 3.29. The van der Waals surface area contributed by atoms with E-state index >= 15 is 0 Å². The van der Waals surface area contributed by atoms with Gasteiger partial charge >= 0.3 is 12.0 Å². The zero-order valence-electron chi connectivity index (χ0n) is 13.9. The summed E-state index contributed by atoms with van der Waals surface area (Å²) in [6.45, 7) is -0.233. The van der Waals surface area contributed by atoms with Crippen LogP contribution in [0.4, 0.5) is 16.2 Å². The second kappa shape index (κ2) is 9.02. The van der Waals surface area contributed by atoms with Crippen molar-refractivity contribution >= 4 is 23.4 Å². The number of esters is 1. The quantitative estimate of drug-likeness (QED) is 0.445. The maximum atomic E-state index is 11.7. The van der Waals surface area contributed by atoms with Gasteiger partial charge in [0.15, 0.2) is 0 Å². The van der Waals surface area contributed by atoms with Crippen molar-refractivity contribution in [3.8, 4) is 5.75 Å². The van der Waals surface area contributed by atoms with Crippen LogP contribution in [-0.2, 0) is 16.1 Å². The van der Waals surface area contributed by atoms with Crippen molar-refractivity contribution in [3.63, 3.8) is 0 Å². The van der Waals surface area contributed by atoms with Crippen molar-refractivity contribution < 1.29 is 24.0 Å². The zero-order chi connectivity index (χ0) is 18.9. The Kier molecular flexibility index (Phi) is 6.49. The first-order valence-electron chi connectivity index (χ1n) is 7.56. The molecule has 0 saturated heterocycles. The number of methoxy groups -OCH3 is 1. The number of anilines is 1. The van der Waals surface area contributed by atoms with Gasteiger partial charge < -0.3 is 20.1 Å². The van der Waals surface area contributed by atoms with Crippen molar-refractivity contribution in [1.82, 2.24) is 5.32 Å². The van der Waals surface area contributed by atoms with Gasteiger partial charge in [-0.15, -0.1) is 0 Å². The number of hydrogen-bond donors (Lipinski definition) is 2. The SMILES string of the molecule is COc1ccc(COC(=O)CNC(=O)Nc2ccc([N+](=O)[O-])cc2)cc1. The fourth-order valence-electron chi connectivity index (χ4n) is 1.93. The average molecular weight is 359 g/mol. The van der Waals surface area contributed by atoms with Crippen LogP contribution in [0.2, 0.25) is 0 Å². The minimum atomic E-state index is -0.625. The monoisotopic (exact) mass is 359 g/mol. The van der Waals surface area contributed by atoms with Gasteiger partial charge in [-0.05, 0) is 29.8 Å². The summed E-state index contributed by atoms with van der Waals surface area (Å²) in [5.74, 6) is 0.101. The Bertz CT molecular complexity index is 774. The summed E-state index contributed by atoms with van der Waals surface area (Å²) >= 11 is 0. The van der Waals surface area contributed by atoms with E-state index in [4.69, 9.17) is 9.47 Å². The molecule has 0 aliphatic rings. The number of hydrogen-bond acceptors (Lipinski definition) is 6. The van der Waals surface area contributed by atoms with E-state index in [9.17, 15) is 19.7 Å². The maximum absolute atomic E-state index is 11.7. The molecule has 0 aliphatic carbocycles. The minimum Gasteiger partial charge on any atom is -0.497 e. The molecule has 0 spiro atoms. The fourth-order valence-corrected chi connectivity index (χ4v) is 1.93. The van der Waals surface area contributed by atoms with E-state index in [-0.39, 0.29) is 18.8 Å². The highest BCUT2D eigenvalue weighted by Crippen LogP contribution is 2.15. The first-order chi connectivity index (χ1) is 12.5. The topological polar surface area (TPSA) is 120 Å². The average Bonchev–Trinajstić information content (AvgIpc) is 2.65. The van der Waals surface area contributed by atoms with Gasteiger partial charge in [0.1, 0.15) is 18.9 Å². The molecule has 26 heavy (non-hydrogen) atoms. The molecule has 0 fully saturated rings. The Morgan fingerprint density at radius 1 is 1.08 bits per heavy atom. The summed E-state index contributed by atoms with van der Waals surface area (Å²) in [6, 6.07) is 11.7. The Morgan fingerprint density at radius 2 is 1.73 bits per heavy atom. The number of nitrogens with one attached hydrogen (secondary N) is 2. The lowest BCUT2D eigenvalue weighted by atomic mass is 10.2. The van der Waals surface area contributed by atoms with Gasteiger partial charge in [0.25, 0.3) is 5.69 Å². The van der Waals surface area contributed by atoms with Gasteiger partial charge in [-0.25, -0.2) is 4.79 Å². The number of nitro groups is 1. The lowest BCUT2D eigenvalue weighted by Crippen LogP contribution is -2.34. The maximum Gasteiger partial charge on any atom is 0.325 e. The van der Waals surface area contributed by atoms with Crippen molar-refractivity contribution in [2.24, 2.45) is 0 Å². The van der Waals surface area contributed by atoms with Gasteiger partial charge in [-0.3, -0.25) is 14.9 Å². The number of nitrogens with zero attached hydrogens (tertiary/aromatic N) is 1. The van der Waals surface area contributed by atoms with E-state index in [2.05, 4.69) is 10.6 Å². The standard InChI is InChI=1S/C17H17N3O6/c1-25-15-8-2-12(3-9-15)11-26-16(21)10-18-17(22)19-13-4-6-14(7-5-13)20(23)24/h2-9H,10-11H2,1H3,(H2,18,19,22). The predicted octanol–water partition coefficient (Wildman–Crippen LogP) is 2.47. The summed E-state index contributed by atoms with van der Waals surface area (Å²) in [5, 5.41) is 15.4. The van der Waals surface area contributed by atoms with Crippen LogP contribution >= 0.6 is 0 Å². The molecule has 9 nitrogen and oxygen atoms in total. The highest BCUT2D eigenvalue weighted by molar-refractivity contribution is 5.91. The van der Waals surface area contributed by atoms with E-state index in [0.29, 0.717) is 11.4 Å². The number of non-ortho nitro benzene ring substituents is 1. The molecule has 2 aromatic carbocycles. The van der Waals surface area contributed by atoms with Crippen molar-refractivity contribution in [2.75, 3.05) is 19.0 Å². The third-order valence-electron chi connectivity index (χ3n) is 3.29. The van der Waals surface area contributed by atoms with Gasteiger partial charge in [-0.2, -0.15) is 0 Å². The number of rotatable bonds is 7. The van der Waals surface area contributed by atoms with Crippen LogP contribution in [-0.4, -0.2) is 30.6 Å². The summed E-state index contributed by atoms with van der Waals surface area (Å²) in [6.07, 6.45) is 0. The van der Waals surface area contributed by atoms with Crippen LogP contribution in [0.3, 0.4) is 0 Å². The third kappa shape index (κ3) is 5.78. The van der Waals surface area contributed by atoms with Gasteiger partial charge in [0.05, 0.1) is 12.0 Å². The molecule has 0 aromatic heterocycles. The van der Waals surface area contributed by atoms with Crippen LogP contribution in [0.5, 0.6) is 5.75 Å². The van der Waals surface area contributed by atoms with Gasteiger partial charge in [0, 0.05) is 17.8 Å². The Labute approximate surface area is 149 Å². The molecule has 0 atom stereocenters. The largest absolute Gasteiger partial charge is 0.497 e. The number of benzene rings is 2. The van der Waals surface area contributed by atoms with Crippen LogP contribution in [0, 0.1) is 10.1 Å². The number of nitro benzene ring substituents is 1. The molecular weight excluding hydrogens is 342 g/mol. The highest BCUT2D eigenvalue weighted by Gasteiger charge is 2.09. The van der Waals surface area contributed by atoms with Crippen molar-refractivity contribution in [1.29, 1.82) is 0 Å².